The highest BCUT2D eigenvalue weighted by molar-refractivity contribution is 9.10. The molecule has 3 aromatic carbocycles. The highest BCUT2D eigenvalue weighted by atomic mass is 79.9. The second-order valence-corrected chi connectivity index (χ2v) is 9.88. The summed E-state index contributed by atoms with van der Waals surface area (Å²) in [4.78, 5) is 28.7. The molecule has 0 bridgehead atoms. The van der Waals surface area contributed by atoms with E-state index in [1.807, 2.05) is 24.3 Å². The largest absolute Gasteiger partial charge is 0.488 e. The minimum atomic E-state index is -0.439. The summed E-state index contributed by atoms with van der Waals surface area (Å²) in [5.41, 5.74) is 1.68. The van der Waals surface area contributed by atoms with Crippen LogP contribution in [0.3, 0.4) is 0 Å². The average molecular weight is 614 g/mol. The predicted octanol–water partition coefficient (Wildman–Crippen LogP) is 6.63. The standard InChI is InChI=1S/C26H22Br2N4O4/c1-2-3-7-25-30-23-10-8-20(28)14-22(23)26(33)31(25)29-15-18-13-19(27)9-11-24(18)36-16-17-5-4-6-21(12-17)32(34)35/h4-6,8-15H,2-3,7,16H2,1H3. The smallest absolute Gasteiger partial charge is 0.282 e. The Morgan fingerprint density at radius 3 is 2.67 bits per heavy atom. The molecule has 0 amide bonds. The van der Waals surface area contributed by atoms with Gasteiger partial charge in [0, 0.05) is 33.1 Å². The summed E-state index contributed by atoms with van der Waals surface area (Å²) in [5.74, 6) is 1.11. The van der Waals surface area contributed by atoms with Crippen molar-refractivity contribution in [3.63, 3.8) is 0 Å². The van der Waals surface area contributed by atoms with Gasteiger partial charge in [-0.3, -0.25) is 14.9 Å². The number of hydrogen-bond acceptors (Lipinski definition) is 6. The first-order valence-electron chi connectivity index (χ1n) is 11.3. The highest BCUT2D eigenvalue weighted by Gasteiger charge is 2.12. The Morgan fingerprint density at radius 2 is 1.89 bits per heavy atom. The van der Waals surface area contributed by atoms with Gasteiger partial charge in [0.15, 0.2) is 0 Å². The molecule has 8 nitrogen and oxygen atoms in total. The maximum atomic E-state index is 13.3. The Kier molecular flexibility index (Phi) is 8.27. The molecule has 1 heterocycles. The van der Waals surface area contributed by atoms with Crippen molar-refractivity contribution in [1.29, 1.82) is 0 Å². The lowest BCUT2D eigenvalue weighted by Crippen LogP contribution is -2.22. The fourth-order valence-corrected chi connectivity index (χ4v) is 4.34. The number of nitrogens with zero attached hydrogens (tertiary/aromatic N) is 4. The van der Waals surface area contributed by atoms with Gasteiger partial charge in [-0.15, -0.1) is 0 Å². The van der Waals surface area contributed by atoms with Gasteiger partial charge in [0.2, 0.25) is 0 Å². The molecule has 10 heteroatoms. The van der Waals surface area contributed by atoms with E-state index >= 15 is 0 Å². The Balaban J connectivity index is 1.69. The number of non-ortho nitro benzene ring substituents is 1. The molecular weight excluding hydrogens is 592 g/mol. The number of aryl methyl sites for hydroxylation is 1. The lowest BCUT2D eigenvalue weighted by molar-refractivity contribution is -0.384. The summed E-state index contributed by atoms with van der Waals surface area (Å²) >= 11 is 6.89. The molecule has 0 aliphatic heterocycles. The molecule has 0 fully saturated rings. The van der Waals surface area contributed by atoms with E-state index in [1.165, 1.54) is 16.8 Å². The van der Waals surface area contributed by atoms with Crippen molar-refractivity contribution < 1.29 is 9.66 Å². The van der Waals surface area contributed by atoms with E-state index in [0.29, 0.717) is 40.0 Å². The van der Waals surface area contributed by atoms with Crippen molar-refractivity contribution >= 4 is 54.7 Å². The van der Waals surface area contributed by atoms with Crippen LogP contribution in [-0.2, 0) is 13.0 Å². The van der Waals surface area contributed by atoms with Crippen molar-refractivity contribution in [1.82, 2.24) is 9.66 Å². The summed E-state index contributed by atoms with van der Waals surface area (Å²) < 4.78 is 8.91. The third kappa shape index (κ3) is 6.06. The van der Waals surface area contributed by atoms with Gasteiger partial charge < -0.3 is 4.74 Å². The van der Waals surface area contributed by atoms with Gasteiger partial charge in [0.1, 0.15) is 18.2 Å². The van der Waals surface area contributed by atoms with Crippen LogP contribution in [0.4, 0.5) is 5.69 Å². The first kappa shape index (κ1) is 25.7. The third-order valence-electron chi connectivity index (χ3n) is 5.43. The molecule has 0 N–H and O–H groups in total. The number of halogens is 2. The molecule has 4 rings (SSSR count). The van der Waals surface area contributed by atoms with Gasteiger partial charge in [0.05, 0.1) is 22.0 Å². The molecular formula is C26H22Br2N4O4. The van der Waals surface area contributed by atoms with Gasteiger partial charge in [-0.25, -0.2) is 4.98 Å². The first-order valence-corrected chi connectivity index (χ1v) is 12.9. The number of unbranched alkanes of at least 4 members (excludes halogenated alkanes) is 1. The molecule has 0 atom stereocenters. The van der Waals surface area contributed by atoms with E-state index in [4.69, 9.17) is 9.72 Å². The molecule has 36 heavy (non-hydrogen) atoms. The van der Waals surface area contributed by atoms with E-state index in [0.717, 1.165) is 21.8 Å². The van der Waals surface area contributed by atoms with Crippen LogP contribution in [0.1, 0.15) is 36.7 Å². The Hall–Kier alpha value is -3.37. The normalized spacial score (nSPS) is 11.3. The third-order valence-corrected chi connectivity index (χ3v) is 6.42. The van der Waals surface area contributed by atoms with Crippen molar-refractivity contribution in [2.75, 3.05) is 0 Å². The van der Waals surface area contributed by atoms with Crippen LogP contribution in [0.15, 0.2) is 79.5 Å². The number of hydrogen-bond donors (Lipinski definition) is 0. The van der Waals surface area contributed by atoms with Crippen molar-refractivity contribution in [3.05, 3.63) is 107 Å². The highest BCUT2D eigenvalue weighted by Crippen LogP contribution is 2.24. The fourth-order valence-electron chi connectivity index (χ4n) is 3.60. The number of fused-ring (bicyclic) bond motifs is 1. The Morgan fingerprint density at radius 1 is 1.11 bits per heavy atom. The number of nitro benzene ring substituents is 1. The van der Waals surface area contributed by atoms with E-state index in [2.05, 4.69) is 43.9 Å². The number of aromatic nitrogens is 2. The van der Waals surface area contributed by atoms with Crippen LogP contribution in [0.25, 0.3) is 10.9 Å². The predicted molar refractivity (Wildman–Crippen MR) is 147 cm³/mol. The molecule has 0 spiro atoms. The summed E-state index contributed by atoms with van der Waals surface area (Å²) in [6.07, 6.45) is 4.01. The van der Waals surface area contributed by atoms with Crippen molar-refractivity contribution in [3.8, 4) is 5.75 Å². The molecule has 0 unspecified atom stereocenters. The molecule has 4 aromatic rings. The monoisotopic (exact) mass is 612 g/mol. The summed E-state index contributed by atoms with van der Waals surface area (Å²) in [6.45, 7) is 2.22. The summed E-state index contributed by atoms with van der Waals surface area (Å²) in [7, 11) is 0. The molecule has 1 aromatic heterocycles. The lowest BCUT2D eigenvalue weighted by atomic mass is 10.2. The summed E-state index contributed by atoms with van der Waals surface area (Å²) in [6, 6.07) is 17.1. The van der Waals surface area contributed by atoms with Crippen LogP contribution < -0.4 is 10.3 Å². The van der Waals surface area contributed by atoms with Crippen LogP contribution in [-0.4, -0.2) is 20.8 Å². The van der Waals surface area contributed by atoms with E-state index in [9.17, 15) is 14.9 Å². The SMILES string of the molecule is CCCCc1nc2ccc(Br)cc2c(=O)n1N=Cc1cc(Br)ccc1OCc1cccc([N+](=O)[O-])c1. The Bertz CT molecular complexity index is 1520. The fraction of sp³-hybridized carbons (Fsp3) is 0.192. The average Bonchev–Trinajstić information content (AvgIpc) is 2.87. The zero-order valence-electron chi connectivity index (χ0n) is 19.4. The lowest BCUT2D eigenvalue weighted by Gasteiger charge is -2.11. The van der Waals surface area contributed by atoms with Gasteiger partial charge >= 0.3 is 0 Å². The van der Waals surface area contributed by atoms with E-state index < -0.39 is 4.92 Å². The first-order chi connectivity index (χ1) is 17.4. The molecule has 0 radical (unpaired) electrons. The van der Waals surface area contributed by atoms with Crippen molar-refractivity contribution in [2.24, 2.45) is 5.10 Å². The van der Waals surface area contributed by atoms with Gasteiger partial charge in [-0.2, -0.15) is 9.78 Å². The topological polar surface area (TPSA) is 99.6 Å². The molecule has 0 aliphatic carbocycles. The minimum Gasteiger partial charge on any atom is -0.488 e. The van der Waals surface area contributed by atoms with E-state index in [1.54, 1.807) is 30.5 Å². The maximum Gasteiger partial charge on any atom is 0.282 e. The van der Waals surface area contributed by atoms with Gasteiger partial charge in [-0.1, -0.05) is 57.3 Å². The molecule has 0 saturated carbocycles. The van der Waals surface area contributed by atoms with E-state index in [-0.39, 0.29) is 17.9 Å². The number of ether oxygens (including phenoxy) is 1. The number of benzene rings is 3. The molecule has 0 saturated heterocycles. The van der Waals surface area contributed by atoms with Crippen LogP contribution >= 0.6 is 31.9 Å². The zero-order chi connectivity index (χ0) is 25.7. The van der Waals surface area contributed by atoms with Gasteiger partial charge in [0.25, 0.3) is 11.2 Å². The van der Waals surface area contributed by atoms with Crippen LogP contribution in [0, 0.1) is 10.1 Å². The zero-order valence-corrected chi connectivity index (χ0v) is 22.5. The molecule has 0 aliphatic rings. The van der Waals surface area contributed by atoms with Gasteiger partial charge in [-0.05, 0) is 48.4 Å². The van der Waals surface area contributed by atoms with Crippen LogP contribution in [0.2, 0.25) is 0 Å². The number of rotatable bonds is 9. The number of nitro groups is 1. The maximum absolute atomic E-state index is 13.3. The molecule has 184 valence electrons. The van der Waals surface area contributed by atoms with Crippen molar-refractivity contribution in [2.45, 2.75) is 32.8 Å². The Labute approximate surface area is 224 Å². The van der Waals surface area contributed by atoms with Crippen LogP contribution in [0.5, 0.6) is 5.75 Å². The second-order valence-electron chi connectivity index (χ2n) is 8.05. The quantitative estimate of drug-likeness (QED) is 0.120. The minimum absolute atomic E-state index is 0.00289. The summed E-state index contributed by atoms with van der Waals surface area (Å²) in [5, 5.41) is 16.1. The second kappa shape index (κ2) is 11.6.